The Balaban J connectivity index is 0.00000117. The first-order valence-corrected chi connectivity index (χ1v) is 10.5. The molecular weight excluding hydrogens is 358 g/mol. The quantitative estimate of drug-likeness (QED) is 0.588. The van der Waals surface area contributed by atoms with Crippen LogP contribution < -0.4 is 5.32 Å². The smallest absolute Gasteiger partial charge is 0.160 e. The fraction of sp³-hybridized carbons (Fsp3) is 0.375. The fourth-order valence-electron chi connectivity index (χ4n) is 3.22. The first kappa shape index (κ1) is 20.8. The number of pyridine rings is 1. The number of aryl methyl sites for hydroxylation is 1. The average Bonchev–Trinajstić information content (AvgIpc) is 3.15. The van der Waals surface area contributed by atoms with Gasteiger partial charge in [0.15, 0.2) is 5.65 Å². The number of anilines is 1. The van der Waals surface area contributed by atoms with Crippen molar-refractivity contribution in [3.05, 3.63) is 71.3 Å². The van der Waals surface area contributed by atoms with Crippen LogP contribution in [0.5, 0.6) is 0 Å². The van der Waals surface area contributed by atoms with Gasteiger partial charge in [-0.05, 0) is 42.9 Å². The zero-order chi connectivity index (χ0) is 20.8. The largest absolute Gasteiger partial charge is 0.366 e. The molecule has 0 aliphatic heterocycles. The predicted molar refractivity (Wildman–Crippen MR) is 121 cm³/mol. The number of nitrogens with zero attached hydrogens (tertiary/aromatic N) is 4. The maximum atomic E-state index is 4.83. The van der Waals surface area contributed by atoms with Gasteiger partial charge in [0.25, 0.3) is 0 Å². The molecule has 152 valence electrons. The summed E-state index contributed by atoms with van der Waals surface area (Å²) in [6, 6.07) is 6.32. The molecule has 0 atom stereocenters. The van der Waals surface area contributed by atoms with Gasteiger partial charge >= 0.3 is 0 Å². The Labute approximate surface area is 173 Å². The number of fused-ring (bicyclic) bond motifs is 1. The Bertz CT molecular complexity index is 1010. The molecule has 3 aromatic rings. The van der Waals surface area contributed by atoms with Crippen LogP contribution in [0.3, 0.4) is 0 Å². The number of rotatable bonds is 5. The van der Waals surface area contributed by atoms with Gasteiger partial charge in [0.05, 0.1) is 11.9 Å². The summed E-state index contributed by atoms with van der Waals surface area (Å²) < 4.78 is 1.88. The van der Waals surface area contributed by atoms with Crippen molar-refractivity contribution in [1.29, 1.82) is 0 Å². The van der Waals surface area contributed by atoms with Crippen molar-refractivity contribution >= 4 is 17.0 Å². The summed E-state index contributed by atoms with van der Waals surface area (Å²) in [6.45, 7) is 11.0. The standard InChI is InChI=1S/C22H25N5.C2H6/c1-15(2)19-10-9-17(13-23-19)14-24-21-11-20(18-7-5-4-6-8-18)26-22-16(3)12-25-27(21)22;1-2/h5,7-13,15,24H,4,6,14H2,1-3H3;1-2H3. The molecule has 0 saturated heterocycles. The molecule has 1 aliphatic carbocycles. The first-order valence-electron chi connectivity index (χ1n) is 10.5. The van der Waals surface area contributed by atoms with Crippen molar-refractivity contribution in [2.45, 2.75) is 59.9 Å². The highest BCUT2D eigenvalue weighted by Crippen LogP contribution is 2.24. The van der Waals surface area contributed by atoms with Crippen molar-refractivity contribution in [2.24, 2.45) is 0 Å². The Kier molecular flexibility index (Phi) is 6.81. The molecule has 1 aliphatic rings. The van der Waals surface area contributed by atoms with Gasteiger partial charge in [-0.2, -0.15) is 9.61 Å². The van der Waals surface area contributed by atoms with Gasteiger partial charge in [0.1, 0.15) is 5.82 Å². The Morgan fingerprint density at radius 2 is 1.97 bits per heavy atom. The highest BCUT2D eigenvalue weighted by atomic mass is 15.3. The van der Waals surface area contributed by atoms with Crippen LogP contribution in [0.25, 0.3) is 11.2 Å². The highest BCUT2D eigenvalue weighted by Gasteiger charge is 2.12. The third-order valence-electron chi connectivity index (χ3n) is 4.85. The van der Waals surface area contributed by atoms with Crippen LogP contribution in [0, 0.1) is 6.92 Å². The highest BCUT2D eigenvalue weighted by molar-refractivity contribution is 5.75. The van der Waals surface area contributed by atoms with E-state index in [1.807, 2.05) is 37.7 Å². The first-order chi connectivity index (χ1) is 14.1. The molecule has 0 spiro atoms. The molecule has 5 nitrogen and oxygen atoms in total. The summed E-state index contributed by atoms with van der Waals surface area (Å²) in [4.78, 5) is 9.39. The van der Waals surface area contributed by atoms with Crippen LogP contribution in [0.15, 0.2) is 48.8 Å². The van der Waals surface area contributed by atoms with E-state index >= 15 is 0 Å². The topological polar surface area (TPSA) is 55.1 Å². The van der Waals surface area contributed by atoms with E-state index < -0.39 is 0 Å². The van der Waals surface area contributed by atoms with E-state index in [2.05, 4.69) is 65.7 Å². The number of allylic oxidation sites excluding steroid dienone is 4. The van der Waals surface area contributed by atoms with Crippen LogP contribution >= 0.6 is 0 Å². The summed E-state index contributed by atoms with van der Waals surface area (Å²) >= 11 is 0. The summed E-state index contributed by atoms with van der Waals surface area (Å²) in [5.74, 6) is 1.38. The van der Waals surface area contributed by atoms with Crippen molar-refractivity contribution in [3.63, 3.8) is 0 Å². The Morgan fingerprint density at radius 3 is 2.62 bits per heavy atom. The van der Waals surface area contributed by atoms with E-state index in [0.29, 0.717) is 12.5 Å². The minimum absolute atomic E-state index is 0.443. The molecule has 4 rings (SSSR count). The van der Waals surface area contributed by atoms with Gasteiger partial charge in [-0.25, -0.2) is 4.98 Å². The number of hydrogen-bond donors (Lipinski definition) is 1. The SMILES string of the molecule is CC.Cc1cnn2c(NCc3ccc(C(C)C)nc3)cc(C3=CCCC=C3)nc12. The van der Waals surface area contributed by atoms with E-state index in [0.717, 1.165) is 46.8 Å². The summed E-state index contributed by atoms with van der Waals surface area (Å²) in [5, 5.41) is 8.01. The lowest BCUT2D eigenvalue weighted by molar-refractivity contribution is 0.818. The molecular formula is C24H31N5. The fourth-order valence-corrected chi connectivity index (χ4v) is 3.22. The average molecular weight is 390 g/mol. The Hall–Kier alpha value is -2.95. The van der Waals surface area contributed by atoms with Crippen molar-refractivity contribution in [3.8, 4) is 0 Å². The van der Waals surface area contributed by atoms with E-state index in [4.69, 9.17) is 4.98 Å². The van der Waals surface area contributed by atoms with Crippen LogP contribution in [0.1, 0.15) is 69.0 Å². The monoisotopic (exact) mass is 389 g/mol. The lowest BCUT2D eigenvalue weighted by Crippen LogP contribution is -2.08. The van der Waals surface area contributed by atoms with Gasteiger partial charge in [-0.1, -0.05) is 52.0 Å². The molecule has 5 heteroatoms. The van der Waals surface area contributed by atoms with E-state index in [1.165, 1.54) is 5.57 Å². The predicted octanol–water partition coefficient (Wildman–Crippen LogP) is 5.93. The molecule has 0 radical (unpaired) electrons. The normalized spacial score (nSPS) is 13.2. The second-order valence-corrected chi connectivity index (χ2v) is 7.33. The van der Waals surface area contributed by atoms with Crippen molar-refractivity contribution in [1.82, 2.24) is 19.6 Å². The van der Waals surface area contributed by atoms with E-state index in [9.17, 15) is 0 Å². The minimum atomic E-state index is 0.443. The summed E-state index contributed by atoms with van der Waals surface area (Å²) in [5.41, 5.74) is 6.39. The summed E-state index contributed by atoms with van der Waals surface area (Å²) in [6.07, 6.45) is 12.6. The van der Waals surface area contributed by atoms with Crippen molar-refractivity contribution < 1.29 is 0 Å². The summed E-state index contributed by atoms with van der Waals surface area (Å²) in [7, 11) is 0. The third kappa shape index (κ3) is 4.73. The van der Waals surface area contributed by atoms with Gasteiger partial charge in [0.2, 0.25) is 0 Å². The number of hydrogen-bond acceptors (Lipinski definition) is 4. The second kappa shape index (κ2) is 9.50. The molecule has 0 aromatic carbocycles. The van der Waals surface area contributed by atoms with Crippen LogP contribution in [-0.2, 0) is 6.54 Å². The lowest BCUT2D eigenvalue weighted by Gasteiger charge is -2.13. The van der Waals surface area contributed by atoms with Gasteiger partial charge < -0.3 is 5.32 Å². The van der Waals surface area contributed by atoms with Gasteiger partial charge in [0, 0.05) is 30.1 Å². The van der Waals surface area contributed by atoms with E-state index in [-0.39, 0.29) is 0 Å². The molecule has 0 saturated carbocycles. The molecule has 0 bridgehead atoms. The van der Waals surface area contributed by atoms with E-state index in [1.54, 1.807) is 0 Å². The number of aromatic nitrogens is 4. The maximum absolute atomic E-state index is 4.83. The zero-order valence-corrected chi connectivity index (χ0v) is 18.1. The number of nitrogens with one attached hydrogen (secondary N) is 1. The molecule has 29 heavy (non-hydrogen) atoms. The molecule has 3 heterocycles. The molecule has 0 fully saturated rings. The minimum Gasteiger partial charge on any atom is -0.366 e. The second-order valence-electron chi connectivity index (χ2n) is 7.33. The van der Waals surface area contributed by atoms with Crippen LogP contribution in [0.2, 0.25) is 0 Å². The van der Waals surface area contributed by atoms with Gasteiger partial charge in [-0.15, -0.1) is 0 Å². The zero-order valence-electron chi connectivity index (χ0n) is 18.1. The molecule has 1 N–H and O–H groups in total. The molecule has 0 amide bonds. The lowest BCUT2D eigenvalue weighted by atomic mass is 10.0. The maximum Gasteiger partial charge on any atom is 0.160 e. The Morgan fingerprint density at radius 1 is 1.14 bits per heavy atom. The molecule has 0 unspecified atom stereocenters. The van der Waals surface area contributed by atoms with Crippen LogP contribution in [0.4, 0.5) is 5.82 Å². The van der Waals surface area contributed by atoms with Crippen LogP contribution in [-0.4, -0.2) is 19.6 Å². The third-order valence-corrected chi connectivity index (χ3v) is 4.85. The molecule has 3 aromatic heterocycles. The van der Waals surface area contributed by atoms with Gasteiger partial charge in [-0.3, -0.25) is 4.98 Å². The van der Waals surface area contributed by atoms with Crippen molar-refractivity contribution in [2.75, 3.05) is 5.32 Å².